The number of nitrogens with one attached hydrogen (secondary N) is 1. The molecule has 0 heterocycles. The molecule has 0 amide bonds. The summed E-state index contributed by atoms with van der Waals surface area (Å²) in [5, 5.41) is 4.60. The summed E-state index contributed by atoms with van der Waals surface area (Å²) in [5.41, 5.74) is 3.47. The van der Waals surface area contributed by atoms with Gasteiger partial charge in [-0.25, -0.2) is 0 Å². The van der Waals surface area contributed by atoms with Gasteiger partial charge in [-0.15, -0.1) is 0 Å². The lowest BCUT2D eigenvalue weighted by Crippen LogP contribution is -2.00. The summed E-state index contributed by atoms with van der Waals surface area (Å²) in [5.74, 6) is 0. The molecule has 3 heteroatoms. The molecule has 1 N–H and O–H groups in total. The molecular weight excluding hydrogens is 253 g/mol. The van der Waals surface area contributed by atoms with Crippen molar-refractivity contribution in [3.63, 3.8) is 0 Å². The van der Waals surface area contributed by atoms with E-state index in [1.807, 2.05) is 24.3 Å². The van der Waals surface area contributed by atoms with Crippen LogP contribution in [0.3, 0.4) is 0 Å². The SMILES string of the molecule is Cc1ccccc1CNc1cc(Cl)cc(Cl)c1. The van der Waals surface area contributed by atoms with Gasteiger partial charge in [-0.3, -0.25) is 0 Å². The van der Waals surface area contributed by atoms with Gasteiger partial charge in [-0.1, -0.05) is 47.5 Å². The fourth-order valence-electron chi connectivity index (χ4n) is 1.66. The van der Waals surface area contributed by atoms with Gasteiger partial charge in [0.25, 0.3) is 0 Å². The lowest BCUT2D eigenvalue weighted by atomic mass is 10.1. The molecule has 0 radical (unpaired) electrons. The highest BCUT2D eigenvalue weighted by Crippen LogP contribution is 2.23. The van der Waals surface area contributed by atoms with E-state index in [9.17, 15) is 0 Å². The Morgan fingerprint density at radius 3 is 2.29 bits per heavy atom. The molecule has 0 saturated carbocycles. The highest BCUT2D eigenvalue weighted by molar-refractivity contribution is 6.35. The molecule has 0 aliphatic carbocycles. The van der Waals surface area contributed by atoms with Crippen molar-refractivity contribution in [1.29, 1.82) is 0 Å². The van der Waals surface area contributed by atoms with Crippen LogP contribution in [0.2, 0.25) is 10.0 Å². The fraction of sp³-hybridized carbons (Fsp3) is 0.143. The molecule has 0 unspecified atom stereocenters. The summed E-state index contributed by atoms with van der Waals surface area (Å²) >= 11 is 11.9. The average molecular weight is 266 g/mol. The van der Waals surface area contributed by atoms with Crippen LogP contribution < -0.4 is 5.32 Å². The zero-order valence-corrected chi connectivity index (χ0v) is 11.0. The van der Waals surface area contributed by atoms with E-state index in [1.165, 1.54) is 11.1 Å². The summed E-state index contributed by atoms with van der Waals surface area (Å²) in [6, 6.07) is 13.7. The topological polar surface area (TPSA) is 12.0 Å². The molecule has 1 nitrogen and oxygen atoms in total. The standard InChI is InChI=1S/C14H13Cl2N/c1-10-4-2-3-5-11(10)9-17-14-7-12(15)6-13(16)8-14/h2-8,17H,9H2,1H3. The van der Waals surface area contributed by atoms with Crippen LogP contribution in [0.25, 0.3) is 0 Å². The highest BCUT2D eigenvalue weighted by atomic mass is 35.5. The molecule has 2 aromatic carbocycles. The summed E-state index contributed by atoms with van der Waals surface area (Å²) < 4.78 is 0. The van der Waals surface area contributed by atoms with Gasteiger partial charge in [0.2, 0.25) is 0 Å². The van der Waals surface area contributed by atoms with Crippen LogP contribution >= 0.6 is 23.2 Å². The number of aryl methyl sites for hydroxylation is 1. The van der Waals surface area contributed by atoms with E-state index in [4.69, 9.17) is 23.2 Å². The van der Waals surface area contributed by atoms with Gasteiger partial charge in [-0.2, -0.15) is 0 Å². The first kappa shape index (κ1) is 12.3. The van der Waals surface area contributed by atoms with Crippen LogP contribution in [0.4, 0.5) is 5.69 Å². The third-order valence-corrected chi connectivity index (χ3v) is 3.04. The number of rotatable bonds is 3. The first-order valence-corrected chi connectivity index (χ1v) is 6.15. The van der Waals surface area contributed by atoms with E-state index >= 15 is 0 Å². The van der Waals surface area contributed by atoms with Crippen molar-refractivity contribution in [3.8, 4) is 0 Å². The lowest BCUT2D eigenvalue weighted by Gasteiger charge is -2.09. The number of hydrogen-bond acceptors (Lipinski definition) is 1. The van der Waals surface area contributed by atoms with Crippen molar-refractivity contribution in [1.82, 2.24) is 0 Å². The average Bonchev–Trinajstić information content (AvgIpc) is 2.27. The molecule has 88 valence electrons. The van der Waals surface area contributed by atoms with Crippen LogP contribution in [0.1, 0.15) is 11.1 Å². The Kier molecular flexibility index (Phi) is 3.93. The van der Waals surface area contributed by atoms with E-state index < -0.39 is 0 Å². The van der Waals surface area contributed by atoms with Gasteiger partial charge >= 0.3 is 0 Å². The largest absolute Gasteiger partial charge is 0.381 e. The van der Waals surface area contributed by atoms with Crippen LogP contribution in [0.15, 0.2) is 42.5 Å². The summed E-state index contributed by atoms with van der Waals surface area (Å²) in [6.07, 6.45) is 0. The van der Waals surface area contributed by atoms with E-state index in [1.54, 1.807) is 6.07 Å². The highest BCUT2D eigenvalue weighted by Gasteiger charge is 2.00. The molecule has 17 heavy (non-hydrogen) atoms. The van der Waals surface area contributed by atoms with Crippen LogP contribution in [-0.4, -0.2) is 0 Å². The molecule has 2 rings (SSSR count). The molecule has 0 saturated heterocycles. The quantitative estimate of drug-likeness (QED) is 0.831. The van der Waals surface area contributed by atoms with E-state index in [0.29, 0.717) is 10.0 Å². The predicted molar refractivity (Wildman–Crippen MR) is 75.0 cm³/mol. The fourth-order valence-corrected chi connectivity index (χ4v) is 2.19. The second-order valence-electron chi connectivity index (χ2n) is 3.94. The Bertz CT molecular complexity index is 503. The Hall–Kier alpha value is -1.18. The monoisotopic (exact) mass is 265 g/mol. The summed E-state index contributed by atoms with van der Waals surface area (Å²) in [4.78, 5) is 0. The first-order valence-electron chi connectivity index (χ1n) is 5.39. The Morgan fingerprint density at radius 2 is 1.65 bits per heavy atom. The summed E-state index contributed by atoms with van der Waals surface area (Å²) in [7, 11) is 0. The molecular formula is C14H13Cl2N. The zero-order valence-electron chi connectivity index (χ0n) is 9.50. The maximum atomic E-state index is 5.94. The second kappa shape index (κ2) is 5.44. The van der Waals surface area contributed by atoms with Gasteiger partial charge < -0.3 is 5.32 Å². The molecule has 2 aromatic rings. The number of hydrogen-bond donors (Lipinski definition) is 1. The van der Waals surface area contributed by atoms with E-state index in [-0.39, 0.29) is 0 Å². The van der Waals surface area contributed by atoms with E-state index in [0.717, 1.165) is 12.2 Å². The Morgan fingerprint density at radius 1 is 1.00 bits per heavy atom. The minimum atomic E-state index is 0.643. The predicted octanol–water partition coefficient (Wildman–Crippen LogP) is 4.91. The second-order valence-corrected chi connectivity index (χ2v) is 4.81. The smallest absolute Gasteiger partial charge is 0.0441 e. The molecule has 0 fully saturated rings. The molecule has 0 aliphatic heterocycles. The molecule has 0 spiro atoms. The van der Waals surface area contributed by atoms with Crippen LogP contribution in [-0.2, 0) is 6.54 Å². The maximum absolute atomic E-state index is 5.94. The zero-order chi connectivity index (χ0) is 12.3. The molecule has 0 aliphatic rings. The van der Waals surface area contributed by atoms with Crippen molar-refractivity contribution in [2.24, 2.45) is 0 Å². The number of anilines is 1. The normalized spacial score (nSPS) is 10.3. The Balaban J connectivity index is 2.10. The van der Waals surface area contributed by atoms with Crippen molar-refractivity contribution < 1.29 is 0 Å². The minimum Gasteiger partial charge on any atom is -0.381 e. The third kappa shape index (κ3) is 3.39. The van der Waals surface area contributed by atoms with Crippen LogP contribution in [0.5, 0.6) is 0 Å². The van der Waals surface area contributed by atoms with Gasteiger partial charge in [0.05, 0.1) is 0 Å². The van der Waals surface area contributed by atoms with Crippen molar-refractivity contribution in [2.45, 2.75) is 13.5 Å². The van der Waals surface area contributed by atoms with Crippen molar-refractivity contribution >= 4 is 28.9 Å². The minimum absolute atomic E-state index is 0.643. The molecule has 0 bridgehead atoms. The lowest BCUT2D eigenvalue weighted by molar-refractivity contribution is 1.12. The van der Waals surface area contributed by atoms with Gasteiger partial charge in [0.1, 0.15) is 0 Å². The van der Waals surface area contributed by atoms with Crippen LogP contribution in [0, 0.1) is 6.92 Å². The van der Waals surface area contributed by atoms with E-state index in [2.05, 4.69) is 24.4 Å². The maximum Gasteiger partial charge on any atom is 0.0441 e. The van der Waals surface area contributed by atoms with Gasteiger partial charge in [0, 0.05) is 22.3 Å². The number of halogens is 2. The Labute approximate surface area is 111 Å². The number of benzene rings is 2. The first-order chi connectivity index (χ1) is 8.15. The van der Waals surface area contributed by atoms with Gasteiger partial charge in [0.15, 0.2) is 0 Å². The summed E-state index contributed by atoms with van der Waals surface area (Å²) in [6.45, 7) is 2.87. The van der Waals surface area contributed by atoms with Crippen molar-refractivity contribution in [3.05, 3.63) is 63.6 Å². The van der Waals surface area contributed by atoms with Gasteiger partial charge in [-0.05, 0) is 36.2 Å². The third-order valence-electron chi connectivity index (χ3n) is 2.61. The molecule has 0 aromatic heterocycles. The van der Waals surface area contributed by atoms with Crippen molar-refractivity contribution in [2.75, 3.05) is 5.32 Å². The molecule has 0 atom stereocenters.